The summed E-state index contributed by atoms with van der Waals surface area (Å²) in [6.45, 7) is 4.50. The van der Waals surface area contributed by atoms with Crippen molar-refractivity contribution in [3.63, 3.8) is 0 Å². The molecule has 0 spiro atoms. The van der Waals surface area contributed by atoms with Gasteiger partial charge in [-0.05, 0) is 173 Å². The van der Waals surface area contributed by atoms with Crippen LogP contribution in [-0.4, -0.2) is 96.7 Å². The Labute approximate surface area is 642 Å². The van der Waals surface area contributed by atoms with Gasteiger partial charge in [0.15, 0.2) is 12.2 Å². The molecule has 5 atom stereocenters. The van der Waals surface area contributed by atoms with Crippen LogP contribution in [0.3, 0.4) is 0 Å². The van der Waals surface area contributed by atoms with Crippen LogP contribution in [0.15, 0.2) is 170 Å². The fraction of sp³-hybridized carbons (Fsp3) is 0.632. The van der Waals surface area contributed by atoms with E-state index in [1.54, 1.807) is 0 Å². The molecule has 0 aliphatic rings. The van der Waals surface area contributed by atoms with E-state index in [1.807, 2.05) is 24.3 Å². The van der Waals surface area contributed by atoms with E-state index in [1.165, 1.54) is 64.2 Å². The number of carbonyl (C=O) groups is 4. The third-order valence-electron chi connectivity index (χ3n) is 16.1. The predicted octanol–water partition coefficient (Wildman–Crippen LogP) is 23.8. The van der Waals surface area contributed by atoms with Gasteiger partial charge in [-0.1, -0.05) is 268 Å². The van der Waals surface area contributed by atoms with E-state index >= 15 is 0 Å². The Hall–Kier alpha value is -5.58. The standard InChI is InChI=1S/C87H142O17P2/c1-5-9-13-17-21-25-29-33-36-39-40-43-45-49-52-56-60-64-68-72-85(90)98-78-83(104-87(92)74-70-66-62-58-54-50-46-42-38-35-31-27-23-19-15-11-7-3)80-102-106(95,96)100-76-81(88)75-99-105(93,94)101-79-82(103-86(91)73-69-65-61-57-53-47-32-28-24-20-16-12-8-4)77-97-84(89)71-67-63-59-55-51-48-44-41-37-34-30-26-22-18-14-10-6-2/h9,13,21-23,25-28,32-38,40,43-44,46,48-50,52,55,58-59,62,81-83,88H,5-8,10-12,14-20,24,29-31,39,41-42,45,47,51,53-54,56-57,60-61,63-80H2,1-4H3,(H,93,94)(H,95,96)/b13-9-,25-21-,26-22-,27-23-,32-28-,36-33-,37-34-,38-35-,43-40-,48-44-,50-46-,52-49-,59-55-,62-58-/t81-,82+,83+/m0/s1. The second kappa shape index (κ2) is 77.6. The van der Waals surface area contributed by atoms with Gasteiger partial charge in [-0.15, -0.1) is 0 Å². The first-order valence-corrected chi connectivity index (χ1v) is 43.4. The fourth-order valence-corrected chi connectivity index (χ4v) is 11.6. The lowest BCUT2D eigenvalue weighted by Gasteiger charge is -2.21. The van der Waals surface area contributed by atoms with Crippen molar-refractivity contribution in [3.8, 4) is 0 Å². The van der Waals surface area contributed by atoms with E-state index in [2.05, 4.69) is 174 Å². The molecule has 17 nitrogen and oxygen atoms in total. The summed E-state index contributed by atoms with van der Waals surface area (Å²) in [6.07, 6.45) is 92.0. The van der Waals surface area contributed by atoms with Crippen LogP contribution in [0.25, 0.3) is 0 Å². The average Bonchev–Trinajstić information content (AvgIpc) is 0.907. The Morgan fingerprint density at radius 3 is 0.840 bits per heavy atom. The zero-order valence-corrected chi connectivity index (χ0v) is 67.6. The number of hydrogen-bond acceptors (Lipinski definition) is 15. The van der Waals surface area contributed by atoms with Crippen molar-refractivity contribution in [3.05, 3.63) is 170 Å². The maximum atomic E-state index is 13.1. The number of carbonyl (C=O) groups excluding carboxylic acids is 4. The van der Waals surface area contributed by atoms with E-state index in [-0.39, 0.29) is 25.7 Å². The van der Waals surface area contributed by atoms with E-state index < -0.39 is 97.5 Å². The highest BCUT2D eigenvalue weighted by atomic mass is 31.2. The van der Waals surface area contributed by atoms with Gasteiger partial charge in [-0.25, -0.2) is 9.13 Å². The Morgan fingerprint density at radius 1 is 0.274 bits per heavy atom. The van der Waals surface area contributed by atoms with Crippen molar-refractivity contribution < 1.29 is 80.2 Å². The van der Waals surface area contributed by atoms with Gasteiger partial charge >= 0.3 is 39.5 Å². The van der Waals surface area contributed by atoms with E-state index in [9.17, 15) is 43.2 Å². The van der Waals surface area contributed by atoms with Crippen LogP contribution in [0.1, 0.15) is 297 Å². The molecule has 0 radical (unpaired) electrons. The van der Waals surface area contributed by atoms with Crippen LogP contribution in [0.2, 0.25) is 0 Å². The SMILES string of the molecule is CC/C=C\C/C=C\C/C=C\C/C=C\C/C=C\CCCCCC(=O)OC[C@H](COP(=O)(O)OC[C@@H](O)COP(=O)(O)OC[C@@H](COC(=O)CCC/C=C\C/C=C\C/C=C\C/C=C\CCCCC)OC(=O)CCCCCCC/C=C\CCCCCC)OC(=O)CCC/C=C\C/C=C\C/C=C\C/C=C\CCCCC. The van der Waals surface area contributed by atoms with Gasteiger partial charge in [0.25, 0.3) is 0 Å². The van der Waals surface area contributed by atoms with Crippen LogP contribution in [0.5, 0.6) is 0 Å². The second-order valence-electron chi connectivity index (χ2n) is 26.3. The Bertz CT molecular complexity index is 2680. The molecular formula is C87H142O17P2. The number of hydrogen-bond donors (Lipinski definition) is 3. The van der Waals surface area contributed by atoms with Gasteiger partial charge in [0, 0.05) is 25.7 Å². The van der Waals surface area contributed by atoms with Gasteiger partial charge in [0.05, 0.1) is 26.4 Å². The largest absolute Gasteiger partial charge is 0.472 e. The number of allylic oxidation sites excluding steroid dienone is 28. The summed E-state index contributed by atoms with van der Waals surface area (Å²) in [5.74, 6) is -2.36. The molecule has 0 heterocycles. The van der Waals surface area contributed by atoms with Gasteiger partial charge in [0.1, 0.15) is 19.3 Å². The molecule has 0 amide bonds. The number of aliphatic hydroxyl groups is 1. The van der Waals surface area contributed by atoms with Gasteiger partial charge in [-0.2, -0.15) is 0 Å². The van der Waals surface area contributed by atoms with Crippen LogP contribution in [-0.2, 0) is 65.4 Å². The van der Waals surface area contributed by atoms with Gasteiger partial charge < -0.3 is 33.8 Å². The van der Waals surface area contributed by atoms with Crippen LogP contribution in [0, 0.1) is 0 Å². The summed E-state index contributed by atoms with van der Waals surface area (Å²) >= 11 is 0. The number of esters is 4. The highest BCUT2D eigenvalue weighted by Gasteiger charge is 2.30. The van der Waals surface area contributed by atoms with Crippen LogP contribution >= 0.6 is 15.6 Å². The van der Waals surface area contributed by atoms with E-state index in [4.69, 9.17) is 37.0 Å². The molecule has 602 valence electrons. The molecule has 0 aromatic rings. The minimum absolute atomic E-state index is 0.00386. The summed E-state index contributed by atoms with van der Waals surface area (Å²) in [6, 6.07) is 0. The summed E-state index contributed by atoms with van der Waals surface area (Å²) < 4.78 is 68.5. The molecule has 0 saturated heterocycles. The fourth-order valence-electron chi connectivity index (χ4n) is 9.99. The van der Waals surface area contributed by atoms with E-state index in [0.717, 1.165) is 141 Å². The zero-order chi connectivity index (χ0) is 77.4. The number of rotatable bonds is 74. The number of unbranched alkanes of at least 4 members (excludes halogenated alkanes) is 20. The number of aliphatic hydroxyl groups excluding tert-OH is 1. The lowest BCUT2D eigenvalue weighted by Crippen LogP contribution is -2.30. The van der Waals surface area contributed by atoms with Gasteiger partial charge in [0.2, 0.25) is 0 Å². The van der Waals surface area contributed by atoms with Crippen LogP contribution < -0.4 is 0 Å². The summed E-state index contributed by atoms with van der Waals surface area (Å²) in [7, 11) is -10.0. The summed E-state index contributed by atoms with van der Waals surface area (Å²) in [5.41, 5.74) is 0. The van der Waals surface area contributed by atoms with Crippen molar-refractivity contribution in [1.82, 2.24) is 0 Å². The molecule has 0 aromatic carbocycles. The monoisotopic (exact) mass is 1520 g/mol. The number of phosphoric ester groups is 2. The molecular weight excluding hydrogens is 1380 g/mol. The summed E-state index contributed by atoms with van der Waals surface area (Å²) in [4.78, 5) is 73.0. The molecule has 0 saturated carbocycles. The third-order valence-corrected chi connectivity index (χ3v) is 18.0. The highest BCUT2D eigenvalue weighted by Crippen LogP contribution is 2.45. The maximum Gasteiger partial charge on any atom is 0.472 e. The Kier molecular flexibility index (Phi) is 73.5. The molecule has 2 unspecified atom stereocenters. The topological polar surface area (TPSA) is 237 Å². The molecule has 0 fully saturated rings. The summed E-state index contributed by atoms with van der Waals surface area (Å²) in [5, 5.41) is 10.6. The highest BCUT2D eigenvalue weighted by molar-refractivity contribution is 7.47. The lowest BCUT2D eigenvalue weighted by atomic mass is 10.1. The lowest BCUT2D eigenvalue weighted by molar-refractivity contribution is -0.161. The minimum Gasteiger partial charge on any atom is -0.462 e. The van der Waals surface area contributed by atoms with Crippen molar-refractivity contribution in [2.24, 2.45) is 0 Å². The first-order valence-electron chi connectivity index (χ1n) is 40.4. The first kappa shape index (κ1) is 100. The number of phosphoric acid groups is 2. The smallest absolute Gasteiger partial charge is 0.462 e. The van der Waals surface area contributed by atoms with Crippen molar-refractivity contribution in [1.29, 1.82) is 0 Å². The van der Waals surface area contributed by atoms with Crippen molar-refractivity contribution in [2.75, 3.05) is 39.6 Å². The minimum atomic E-state index is -5.01. The predicted molar refractivity (Wildman–Crippen MR) is 436 cm³/mol. The second-order valence-corrected chi connectivity index (χ2v) is 29.2. The zero-order valence-electron chi connectivity index (χ0n) is 65.8. The first-order chi connectivity index (χ1) is 51.7. The molecule has 0 aromatic heterocycles. The molecule has 3 N–H and O–H groups in total. The number of ether oxygens (including phenoxy) is 4. The average molecular weight is 1520 g/mol. The van der Waals surface area contributed by atoms with Crippen molar-refractivity contribution >= 4 is 39.5 Å². The Morgan fingerprint density at radius 2 is 0.500 bits per heavy atom. The molecule has 19 heteroatoms. The molecule has 0 bridgehead atoms. The van der Waals surface area contributed by atoms with Crippen LogP contribution in [0.4, 0.5) is 0 Å². The third kappa shape index (κ3) is 76.6. The normalized spacial score (nSPS) is 14.7. The van der Waals surface area contributed by atoms with Crippen molar-refractivity contribution in [2.45, 2.75) is 316 Å². The van der Waals surface area contributed by atoms with E-state index in [0.29, 0.717) is 38.5 Å². The molecule has 0 aliphatic carbocycles. The quantitative estimate of drug-likeness (QED) is 0.0169. The molecule has 106 heavy (non-hydrogen) atoms. The molecule has 0 aliphatic heterocycles. The maximum absolute atomic E-state index is 13.1. The van der Waals surface area contributed by atoms with Gasteiger partial charge in [-0.3, -0.25) is 37.3 Å². The Balaban J connectivity index is 5.51. The molecule has 0 rings (SSSR count).